The van der Waals surface area contributed by atoms with Crippen molar-refractivity contribution in [2.75, 3.05) is 5.32 Å². The van der Waals surface area contributed by atoms with Crippen LogP contribution in [0.1, 0.15) is 48.9 Å². The molecule has 0 fully saturated rings. The van der Waals surface area contributed by atoms with Gasteiger partial charge < -0.3 is 5.32 Å². The van der Waals surface area contributed by atoms with Crippen molar-refractivity contribution in [3.8, 4) is 6.07 Å². The number of hydrogen-bond donors (Lipinski definition) is 1. The zero-order chi connectivity index (χ0) is 19.0. The lowest BCUT2D eigenvalue weighted by Crippen LogP contribution is -2.15. The van der Waals surface area contributed by atoms with Crippen LogP contribution in [0.4, 0.5) is 5.69 Å². The zero-order valence-corrected chi connectivity index (χ0v) is 15.5. The van der Waals surface area contributed by atoms with Crippen molar-refractivity contribution in [2.45, 2.75) is 38.6 Å². The zero-order valence-electron chi connectivity index (χ0n) is 14.7. The number of aryl methyl sites for hydroxylation is 1. The highest BCUT2D eigenvalue weighted by atomic mass is 35.5. The van der Waals surface area contributed by atoms with Crippen molar-refractivity contribution in [3.63, 3.8) is 0 Å². The van der Waals surface area contributed by atoms with Crippen molar-refractivity contribution in [1.82, 2.24) is 19.7 Å². The number of carbonyl (C=O) groups excluding carboxylic acids is 1. The fourth-order valence-corrected chi connectivity index (χ4v) is 3.58. The molecule has 0 spiro atoms. The smallest absolute Gasteiger partial charge is 0.238 e. The Hall–Kier alpha value is -2.98. The maximum atomic E-state index is 12.7. The van der Waals surface area contributed by atoms with Crippen LogP contribution in [-0.2, 0) is 11.3 Å². The molecular weight excluding hydrogens is 364 g/mol. The molecule has 3 aromatic rings. The van der Waals surface area contributed by atoms with Crippen LogP contribution < -0.4 is 5.32 Å². The molecule has 0 saturated carbocycles. The molecule has 1 N–H and O–H groups in total. The standard InChI is InChI=1S/C19H17ClN6O/c1-2-3-4-7-26-10-13-16(23-19(20)24-17(13)25-26)15-12-8-11(9-21)5-6-14(12)22-18(15)27/h5-6,8,10,15H,2-4,7H2,1H3,(H,22,27). The first-order chi connectivity index (χ1) is 13.1. The van der Waals surface area contributed by atoms with E-state index in [9.17, 15) is 10.1 Å². The van der Waals surface area contributed by atoms with Gasteiger partial charge in [-0.05, 0) is 41.8 Å². The molecule has 27 heavy (non-hydrogen) atoms. The number of unbranched alkanes of at least 4 members (excludes halogenated alkanes) is 2. The van der Waals surface area contributed by atoms with Crippen LogP contribution in [0.3, 0.4) is 0 Å². The summed E-state index contributed by atoms with van der Waals surface area (Å²) in [6.45, 7) is 2.92. The Labute approximate surface area is 161 Å². The third-order valence-electron chi connectivity index (χ3n) is 4.70. The number of hydrogen-bond acceptors (Lipinski definition) is 5. The molecule has 0 radical (unpaired) electrons. The van der Waals surface area contributed by atoms with E-state index in [-0.39, 0.29) is 11.2 Å². The van der Waals surface area contributed by atoms with Gasteiger partial charge in [0.1, 0.15) is 5.92 Å². The predicted octanol–water partition coefficient (Wildman–Crippen LogP) is 3.63. The number of fused-ring (bicyclic) bond motifs is 2. The number of carbonyl (C=O) groups is 1. The van der Waals surface area contributed by atoms with E-state index in [1.807, 2.05) is 10.9 Å². The minimum atomic E-state index is -0.649. The number of amides is 1. The van der Waals surface area contributed by atoms with Crippen molar-refractivity contribution in [2.24, 2.45) is 0 Å². The van der Waals surface area contributed by atoms with Crippen molar-refractivity contribution in [3.05, 3.63) is 46.5 Å². The van der Waals surface area contributed by atoms with E-state index >= 15 is 0 Å². The molecule has 0 saturated heterocycles. The second kappa shape index (κ2) is 6.97. The number of nitrogens with one attached hydrogen (secondary N) is 1. The number of nitrogens with zero attached hydrogens (tertiary/aromatic N) is 5. The SMILES string of the molecule is CCCCCn1cc2c(C3C(=O)Nc4ccc(C#N)cc43)nc(Cl)nc2n1. The Morgan fingerprint density at radius 1 is 1.33 bits per heavy atom. The first-order valence-electron chi connectivity index (χ1n) is 8.86. The molecule has 0 bridgehead atoms. The molecule has 1 atom stereocenters. The van der Waals surface area contributed by atoms with Gasteiger partial charge in [-0.2, -0.15) is 15.3 Å². The molecule has 1 amide bonds. The van der Waals surface area contributed by atoms with Gasteiger partial charge in [-0.15, -0.1) is 0 Å². The summed E-state index contributed by atoms with van der Waals surface area (Å²) in [5.41, 5.74) is 2.87. The number of anilines is 1. The van der Waals surface area contributed by atoms with Gasteiger partial charge in [0.15, 0.2) is 5.65 Å². The number of benzene rings is 1. The van der Waals surface area contributed by atoms with Gasteiger partial charge in [0.25, 0.3) is 0 Å². The second-order valence-electron chi connectivity index (χ2n) is 6.55. The highest BCUT2D eigenvalue weighted by molar-refractivity contribution is 6.28. The van der Waals surface area contributed by atoms with Crippen LogP contribution in [-0.4, -0.2) is 25.7 Å². The number of halogens is 1. The van der Waals surface area contributed by atoms with E-state index in [2.05, 4.69) is 33.4 Å². The van der Waals surface area contributed by atoms with Gasteiger partial charge in [0.2, 0.25) is 11.2 Å². The Kier molecular flexibility index (Phi) is 4.50. The Bertz CT molecular complexity index is 1080. The third kappa shape index (κ3) is 3.13. The Balaban J connectivity index is 1.82. The van der Waals surface area contributed by atoms with Gasteiger partial charge in [-0.1, -0.05) is 19.8 Å². The van der Waals surface area contributed by atoms with Crippen molar-refractivity contribution >= 4 is 34.2 Å². The summed E-state index contributed by atoms with van der Waals surface area (Å²) in [6.07, 6.45) is 5.12. The monoisotopic (exact) mass is 380 g/mol. The largest absolute Gasteiger partial charge is 0.325 e. The Morgan fingerprint density at radius 3 is 2.96 bits per heavy atom. The summed E-state index contributed by atoms with van der Waals surface area (Å²) < 4.78 is 1.83. The molecule has 0 aliphatic carbocycles. The normalized spacial score (nSPS) is 15.6. The number of nitriles is 1. The number of rotatable bonds is 5. The molecule has 7 nitrogen and oxygen atoms in total. The average molecular weight is 381 g/mol. The predicted molar refractivity (Wildman–Crippen MR) is 101 cm³/mol. The molecule has 2 aromatic heterocycles. The molecule has 1 aliphatic rings. The fourth-order valence-electron chi connectivity index (χ4n) is 3.41. The quantitative estimate of drug-likeness (QED) is 0.538. The van der Waals surface area contributed by atoms with Gasteiger partial charge >= 0.3 is 0 Å². The summed E-state index contributed by atoms with van der Waals surface area (Å²) in [4.78, 5) is 21.2. The Morgan fingerprint density at radius 2 is 2.19 bits per heavy atom. The molecule has 3 heterocycles. The van der Waals surface area contributed by atoms with Crippen LogP contribution in [0.2, 0.25) is 5.28 Å². The number of aromatic nitrogens is 4. The highest BCUT2D eigenvalue weighted by Gasteiger charge is 2.35. The van der Waals surface area contributed by atoms with Crippen molar-refractivity contribution < 1.29 is 4.79 Å². The highest BCUT2D eigenvalue weighted by Crippen LogP contribution is 2.39. The summed E-state index contributed by atoms with van der Waals surface area (Å²) in [7, 11) is 0. The van der Waals surface area contributed by atoms with E-state index in [0.717, 1.165) is 25.8 Å². The van der Waals surface area contributed by atoms with E-state index in [1.165, 1.54) is 0 Å². The lowest BCUT2D eigenvalue weighted by atomic mass is 9.94. The maximum Gasteiger partial charge on any atom is 0.238 e. The third-order valence-corrected chi connectivity index (χ3v) is 4.87. The van der Waals surface area contributed by atoms with E-state index < -0.39 is 5.92 Å². The van der Waals surface area contributed by atoms with Crippen LogP contribution in [0.15, 0.2) is 24.4 Å². The first-order valence-corrected chi connectivity index (χ1v) is 9.24. The molecule has 1 aliphatic heterocycles. The van der Waals surface area contributed by atoms with Crippen LogP contribution in [0.5, 0.6) is 0 Å². The summed E-state index contributed by atoms with van der Waals surface area (Å²) in [6, 6.07) is 7.24. The van der Waals surface area contributed by atoms with E-state index in [1.54, 1.807) is 18.2 Å². The van der Waals surface area contributed by atoms with Crippen LogP contribution >= 0.6 is 11.6 Å². The molecule has 136 valence electrons. The summed E-state index contributed by atoms with van der Waals surface area (Å²) >= 11 is 6.12. The topological polar surface area (TPSA) is 96.5 Å². The molecule has 4 rings (SSSR count). The van der Waals surface area contributed by atoms with Crippen molar-refractivity contribution in [1.29, 1.82) is 5.26 Å². The summed E-state index contributed by atoms with van der Waals surface area (Å²) in [5, 5.41) is 17.3. The van der Waals surface area contributed by atoms with Crippen LogP contribution in [0, 0.1) is 11.3 Å². The fraction of sp³-hybridized carbons (Fsp3) is 0.316. The second-order valence-corrected chi connectivity index (χ2v) is 6.89. The maximum absolute atomic E-state index is 12.7. The van der Waals surface area contributed by atoms with Gasteiger partial charge in [-0.25, -0.2) is 4.98 Å². The van der Waals surface area contributed by atoms with E-state index in [0.29, 0.717) is 33.5 Å². The molecule has 1 aromatic carbocycles. The van der Waals surface area contributed by atoms with E-state index in [4.69, 9.17) is 11.6 Å². The average Bonchev–Trinajstić information content (AvgIpc) is 3.20. The molecule has 8 heteroatoms. The first kappa shape index (κ1) is 17.4. The summed E-state index contributed by atoms with van der Waals surface area (Å²) in [5.74, 6) is -0.848. The van der Waals surface area contributed by atoms with Gasteiger partial charge in [0, 0.05) is 18.4 Å². The lowest BCUT2D eigenvalue weighted by Gasteiger charge is -2.09. The molecular formula is C19H17ClN6O. The minimum Gasteiger partial charge on any atom is -0.325 e. The lowest BCUT2D eigenvalue weighted by molar-refractivity contribution is -0.116. The molecule has 1 unspecified atom stereocenters. The van der Waals surface area contributed by atoms with Gasteiger partial charge in [0.05, 0.1) is 22.7 Å². The van der Waals surface area contributed by atoms with Gasteiger partial charge in [-0.3, -0.25) is 9.48 Å². The minimum absolute atomic E-state index is 0.0500. The van der Waals surface area contributed by atoms with Crippen LogP contribution in [0.25, 0.3) is 11.0 Å².